The lowest BCUT2D eigenvalue weighted by Gasteiger charge is -2.18. The van der Waals surface area contributed by atoms with Gasteiger partial charge in [-0.3, -0.25) is 4.79 Å². The van der Waals surface area contributed by atoms with Crippen molar-refractivity contribution >= 4 is 16.7 Å². The van der Waals surface area contributed by atoms with Crippen molar-refractivity contribution in [3.05, 3.63) is 48.0 Å². The van der Waals surface area contributed by atoms with Gasteiger partial charge in [-0.1, -0.05) is 42.8 Å². The fourth-order valence-corrected chi connectivity index (χ4v) is 4.18. The Morgan fingerprint density at radius 3 is 2.59 bits per heavy atom. The van der Waals surface area contributed by atoms with Gasteiger partial charge in [0.25, 0.3) is 0 Å². The van der Waals surface area contributed by atoms with Crippen LogP contribution in [0.25, 0.3) is 10.8 Å². The molecule has 22 heavy (non-hydrogen) atoms. The Labute approximate surface area is 130 Å². The molecule has 114 valence electrons. The van der Waals surface area contributed by atoms with Crippen molar-refractivity contribution in [3.63, 3.8) is 0 Å². The van der Waals surface area contributed by atoms with Crippen LogP contribution in [0.2, 0.25) is 0 Å². The van der Waals surface area contributed by atoms with Crippen molar-refractivity contribution in [1.82, 2.24) is 5.32 Å². The highest BCUT2D eigenvalue weighted by Crippen LogP contribution is 2.57. The van der Waals surface area contributed by atoms with Crippen molar-refractivity contribution in [3.8, 4) is 0 Å². The number of hydrogen-bond acceptors (Lipinski definition) is 2. The number of hydrogen-bond donors (Lipinski definition) is 2. The van der Waals surface area contributed by atoms with Crippen molar-refractivity contribution in [2.75, 3.05) is 6.54 Å². The van der Waals surface area contributed by atoms with E-state index >= 15 is 0 Å². The first-order valence-electron chi connectivity index (χ1n) is 8.27. The van der Waals surface area contributed by atoms with Crippen LogP contribution in [-0.4, -0.2) is 12.5 Å². The molecule has 2 aromatic rings. The van der Waals surface area contributed by atoms with Gasteiger partial charge in [-0.15, -0.1) is 0 Å². The lowest BCUT2D eigenvalue weighted by molar-refractivity contribution is -0.123. The predicted octanol–water partition coefficient (Wildman–Crippen LogP) is 3.00. The number of amides is 1. The van der Waals surface area contributed by atoms with E-state index in [1.165, 1.54) is 30.0 Å². The number of nitrogens with one attached hydrogen (secondary N) is 1. The number of benzene rings is 2. The zero-order valence-corrected chi connectivity index (χ0v) is 12.7. The fourth-order valence-electron chi connectivity index (χ4n) is 4.18. The highest BCUT2D eigenvalue weighted by molar-refractivity contribution is 5.84. The average Bonchev–Trinajstić information content (AvgIpc) is 3.05. The topological polar surface area (TPSA) is 55.1 Å². The summed E-state index contributed by atoms with van der Waals surface area (Å²) in [5, 5.41) is 5.58. The van der Waals surface area contributed by atoms with Gasteiger partial charge >= 0.3 is 0 Å². The van der Waals surface area contributed by atoms with E-state index < -0.39 is 0 Å². The standard InChI is InChI=1S/C19H22N2O/c20-11-17(21-19(22)18-15-6-3-7-16(15)18)14-9-8-12-4-1-2-5-13(12)10-14/h1-2,4-5,8-10,15-18H,3,6-7,11,20H2,(H,21,22). The molecule has 3 N–H and O–H groups in total. The molecule has 2 saturated carbocycles. The summed E-state index contributed by atoms with van der Waals surface area (Å²) < 4.78 is 0. The number of rotatable bonds is 4. The molecule has 0 spiro atoms. The van der Waals surface area contributed by atoms with Crippen LogP contribution < -0.4 is 11.1 Å². The zero-order chi connectivity index (χ0) is 15.1. The fraction of sp³-hybridized carbons (Fsp3) is 0.421. The van der Waals surface area contributed by atoms with E-state index in [-0.39, 0.29) is 17.9 Å². The SMILES string of the molecule is NCC(NC(=O)C1C2CCCC21)c1ccc2ccccc2c1. The van der Waals surface area contributed by atoms with Gasteiger partial charge in [0.1, 0.15) is 0 Å². The smallest absolute Gasteiger partial charge is 0.224 e. The van der Waals surface area contributed by atoms with Crippen molar-refractivity contribution < 1.29 is 4.79 Å². The number of carbonyl (C=O) groups excluding carboxylic acids is 1. The summed E-state index contributed by atoms with van der Waals surface area (Å²) in [6.07, 6.45) is 3.75. The Hall–Kier alpha value is -1.87. The van der Waals surface area contributed by atoms with E-state index in [9.17, 15) is 4.79 Å². The zero-order valence-electron chi connectivity index (χ0n) is 12.7. The van der Waals surface area contributed by atoms with Gasteiger partial charge in [0.15, 0.2) is 0 Å². The molecule has 1 amide bonds. The van der Waals surface area contributed by atoms with Gasteiger partial charge in [0.2, 0.25) is 5.91 Å². The normalized spacial score (nSPS) is 27.4. The molecule has 3 heteroatoms. The first kappa shape index (κ1) is 13.8. The van der Waals surface area contributed by atoms with E-state index in [2.05, 4.69) is 35.6 Å². The molecule has 2 aliphatic carbocycles. The van der Waals surface area contributed by atoms with Crippen LogP contribution in [0, 0.1) is 17.8 Å². The number of carbonyl (C=O) groups is 1. The van der Waals surface area contributed by atoms with Gasteiger partial charge in [-0.05, 0) is 47.1 Å². The van der Waals surface area contributed by atoms with Gasteiger partial charge in [0, 0.05) is 12.5 Å². The minimum atomic E-state index is -0.0848. The molecule has 0 bridgehead atoms. The third kappa shape index (κ3) is 2.30. The minimum Gasteiger partial charge on any atom is -0.348 e. The monoisotopic (exact) mass is 294 g/mol. The molecule has 0 aliphatic heterocycles. The molecule has 0 saturated heterocycles. The first-order chi connectivity index (χ1) is 10.8. The minimum absolute atomic E-state index is 0.0848. The summed E-state index contributed by atoms with van der Waals surface area (Å²) >= 11 is 0. The second-order valence-corrected chi connectivity index (χ2v) is 6.69. The maximum atomic E-state index is 12.5. The number of fused-ring (bicyclic) bond motifs is 2. The summed E-state index contributed by atoms with van der Waals surface area (Å²) in [5.74, 6) is 1.76. The van der Waals surface area contributed by atoms with Crippen molar-refractivity contribution in [2.45, 2.75) is 25.3 Å². The Bertz CT molecular complexity index is 701. The highest BCUT2D eigenvalue weighted by Gasteiger charge is 2.56. The molecule has 3 unspecified atom stereocenters. The molecule has 2 aromatic carbocycles. The molecule has 0 heterocycles. The van der Waals surface area contributed by atoms with Crippen LogP contribution in [0.15, 0.2) is 42.5 Å². The third-order valence-electron chi connectivity index (χ3n) is 5.44. The van der Waals surface area contributed by atoms with Crippen LogP contribution in [0.3, 0.4) is 0 Å². The van der Waals surface area contributed by atoms with E-state index in [4.69, 9.17) is 5.73 Å². The highest BCUT2D eigenvalue weighted by atomic mass is 16.2. The largest absolute Gasteiger partial charge is 0.348 e. The van der Waals surface area contributed by atoms with E-state index in [1.807, 2.05) is 12.1 Å². The van der Waals surface area contributed by atoms with Crippen LogP contribution in [-0.2, 0) is 4.79 Å². The average molecular weight is 294 g/mol. The molecule has 2 aliphatic rings. The summed E-state index contributed by atoms with van der Waals surface area (Å²) in [5.41, 5.74) is 7.02. The molecule has 3 atom stereocenters. The van der Waals surface area contributed by atoms with E-state index in [0.717, 1.165) is 5.56 Å². The predicted molar refractivity (Wildman–Crippen MR) is 88.2 cm³/mol. The molecule has 3 nitrogen and oxygen atoms in total. The number of nitrogens with two attached hydrogens (primary N) is 1. The van der Waals surface area contributed by atoms with E-state index in [1.54, 1.807) is 0 Å². The van der Waals surface area contributed by atoms with Gasteiger partial charge in [0.05, 0.1) is 6.04 Å². The second kappa shape index (κ2) is 5.40. The molecule has 0 aromatic heterocycles. The molecule has 4 rings (SSSR count). The van der Waals surface area contributed by atoms with Crippen LogP contribution in [0.1, 0.15) is 30.9 Å². The maximum Gasteiger partial charge on any atom is 0.224 e. The lowest BCUT2D eigenvalue weighted by atomic mass is 10.0. The maximum absolute atomic E-state index is 12.5. The summed E-state index contributed by atoms with van der Waals surface area (Å²) in [7, 11) is 0. The van der Waals surface area contributed by atoms with Crippen molar-refractivity contribution in [2.24, 2.45) is 23.5 Å². The third-order valence-corrected chi connectivity index (χ3v) is 5.44. The molecule has 2 fully saturated rings. The Morgan fingerprint density at radius 1 is 1.14 bits per heavy atom. The van der Waals surface area contributed by atoms with Gasteiger partial charge in [-0.25, -0.2) is 0 Å². The van der Waals surface area contributed by atoms with E-state index in [0.29, 0.717) is 18.4 Å². The molecule has 0 radical (unpaired) electrons. The van der Waals surface area contributed by atoms with Gasteiger partial charge < -0.3 is 11.1 Å². The van der Waals surface area contributed by atoms with Crippen LogP contribution in [0.5, 0.6) is 0 Å². The summed E-state index contributed by atoms with van der Waals surface area (Å²) in [6, 6.07) is 14.5. The quantitative estimate of drug-likeness (QED) is 0.910. The van der Waals surface area contributed by atoms with Crippen LogP contribution >= 0.6 is 0 Å². The van der Waals surface area contributed by atoms with Gasteiger partial charge in [-0.2, -0.15) is 0 Å². The summed E-state index contributed by atoms with van der Waals surface area (Å²) in [6.45, 7) is 0.437. The Balaban J connectivity index is 1.51. The molecular formula is C19H22N2O. The second-order valence-electron chi connectivity index (χ2n) is 6.69. The molecular weight excluding hydrogens is 272 g/mol. The Morgan fingerprint density at radius 2 is 1.86 bits per heavy atom. The Kier molecular flexibility index (Phi) is 3.38. The summed E-state index contributed by atoms with van der Waals surface area (Å²) in [4.78, 5) is 12.5. The first-order valence-corrected chi connectivity index (χ1v) is 8.27. The lowest BCUT2D eigenvalue weighted by Crippen LogP contribution is -2.35. The van der Waals surface area contributed by atoms with Crippen molar-refractivity contribution in [1.29, 1.82) is 0 Å². The van der Waals surface area contributed by atoms with Crippen LogP contribution in [0.4, 0.5) is 0 Å².